The molecule has 0 aromatic heterocycles. The zero-order chi connectivity index (χ0) is 12.9. The van der Waals surface area contributed by atoms with Crippen molar-refractivity contribution in [2.24, 2.45) is 5.84 Å². The van der Waals surface area contributed by atoms with Crippen molar-refractivity contribution in [2.45, 2.75) is 65.2 Å². The second kappa shape index (κ2) is 11.8. The molecule has 5 heteroatoms. The third-order valence-electron chi connectivity index (χ3n) is 2.62. The average Bonchev–Trinajstić information content (AvgIpc) is 2.34. The summed E-state index contributed by atoms with van der Waals surface area (Å²) in [6.07, 6.45) is 8.40. The first-order valence-corrected chi connectivity index (χ1v) is 6.78. The van der Waals surface area contributed by atoms with Crippen molar-refractivity contribution < 1.29 is 4.79 Å². The SMILES string of the molecule is CCCCCCCC(=O)N(N)NNCCCC. The van der Waals surface area contributed by atoms with E-state index in [1.807, 2.05) is 0 Å². The van der Waals surface area contributed by atoms with Crippen molar-refractivity contribution in [1.29, 1.82) is 0 Å². The minimum atomic E-state index is -0.0644. The van der Waals surface area contributed by atoms with E-state index in [0.29, 0.717) is 6.42 Å². The van der Waals surface area contributed by atoms with E-state index in [0.717, 1.165) is 37.3 Å². The van der Waals surface area contributed by atoms with Gasteiger partial charge in [0.2, 0.25) is 0 Å². The summed E-state index contributed by atoms with van der Waals surface area (Å²) in [6, 6.07) is 0. The maximum Gasteiger partial charge on any atom is 0.252 e. The van der Waals surface area contributed by atoms with E-state index in [4.69, 9.17) is 5.84 Å². The molecule has 0 bridgehead atoms. The van der Waals surface area contributed by atoms with Crippen LogP contribution in [-0.4, -0.2) is 17.6 Å². The Labute approximate surface area is 105 Å². The molecule has 0 aromatic carbocycles. The summed E-state index contributed by atoms with van der Waals surface area (Å²) in [5.41, 5.74) is 5.59. The highest BCUT2D eigenvalue weighted by Gasteiger charge is 2.07. The van der Waals surface area contributed by atoms with Crippen molar-refractivity contribution in [3.63, 3.8) is 0 Å². The average molecular weight is 244 g/mol. The molecule has 0 atom stereocenters. The van der Waals surface area contributed by atoms with Gasteiger partial charge in [-0.05, 0) is 12.8 Å². The summed E-state index contributed by atoms with van der Waals surface area (Å²) in [4.78, 5) is 11.5. The molecule has 102 valence electrons. The van der Waals surface area contributed by atoms with Crippen LogP contribution in [0.4, 0.5) is 0 Å². The quantitative estimate of drug-likeness (QED) is 0.224. The van der Waals surface area contributed by atoms with Crippen molar-refractivity contribution in [1.82, 2.24) is 16.1 Å². The van der Waals surface area contributed by atoms with E-state index in [9.17, 15) is 4.79 Å². The van der Waals surface area contributed by atoms with Crippen molar-refractivity contribution in [3.05, 3.63) is 0 Å². The van der Waals surface area contributed by atoms with E-state index in [1.165, 1.54) is 19.3 Å². The number of nitrogens with zero attached hydrogens (tertiary/aromatic N) is 1. The first-order valence-electron chi connectivity index (χ1n) is 6.78. The summed E-state index contributed by atoms with van der Waals surface area (Å²) in [7, 11) is 0. The molecule has 0 aliphatic carbocycles. The first-order chi connectivity index (χ1) is 8.22. The predicted octanol–water partition coefficient (Wildman–Crippen LogP) is 1.86. The lowest BCUT2D eigenvalue weighted by Crippen LogP contribution is -2.54. The highest BCUT2D eigenvalue weighted by atomic mass is 16.2. The highest BCUT2D eigenvalue weighted by Crippen LogP contribution is 2.05. The van der Waals surface area contributed by atoms with Crippen LogP contribution in [0.2, 0.25) is 0 Å². The van der Waals surface area contributed by atoms with Crippen LogP contribution < -0.4 is 16.8 Å². The molecule has 0 rings (SSSR count). The number of rotatable bonds is 11. The Morgan fingerprint density at radius 1 is 1.06 bits per heavy atom. The largest absolute Gasteiger partial charge is 0.272 e. The molecular formula is C12H28N4O. The van der Waals surface area contributed by atoms with Crippen molar-refractivity contribution in [2.75, 3.05) is 6.54 Å². The minimum Gasteiger partial charge on any atom is -0.272 e. The van der Waals surface area contributed by atoms with Gasteiger partial charge in [-0.2, -0.15) is 10.7 Å². The van der Waals surface area contributed by atoms with Crippen LogP contribution in [0.1, 0.15) is 65.2 Å². The molecule has 0 heterocycles. The van der Waals surface area contributed by atoms with E-state index in [-0.39, 0.29) is 5.91 Å². The highest BCUT2D eigenvalue weighted by molar-refractivity contribution is 5.74. The number of carbonyl (C=O) groups is 1. The summed E-state index contributed by atoms with van der Waals surface area (Å²) in [5, 5.41) is 1.05. The monoisotopic (exact) mass is 244 g/mol. The Kier molecular flexibility index (Phi) is 11.4. The van der Waals surface area contributed by atoms with Crippen LogP contribution in [0.5, 0.6) is 0 Å². The van der Waals surface area contributed by atoms with Crippen LogP contribution in [0.25, 0.3) is 0 Å². The lowest BCUT2D eigenvalue weighted by atomic mass is 10.1. The van der Waals surface area contributed by atoms with E-state index in [1.54, 1.807) is 0 Å². The van der Waals surface area contributed by atoms with Crippen LogP contribution >= 0.6 is 0 Å². The molecule has 0 aromatic rings. The Balaban J connectivity index is 3.40. The van der Waals surface area contributed by atoms with Gasteiger partial charge in [-0.15, -0.1) is 0 Å². The number of hydrogen-bond acceptors (Lipinski definition) is 4. The lowest BCUT2D eigenvalue weighted by molar-refractivity contribution is -0.136. The van der Waals surface area contributed by atoms with E-state index < -0.39 is 0 Å². The van der Waals surface area contributed by atoms with Gasteiger partial charge in [-0.3, -0.25) is 4.79 Å². The zero-order valence-corrected chi connectivity index (χ0v) is 11.3. The van der Waals surface area contributed by atoms with Gasteiger partial charge in [-0.25, -0.2) is 11.3 Å². The third kappa shape index (κ3) is 10.2. The van der Waals surface area contributed by atoms with Crippen LogP contribution in [-0.2, 0) is 4.79 Å². The fourth-order valence-corrected chi connectivity index (χ4v) is 1.47. The normalized spacial score (nSPS) is 10.5. The number of hydrogen-bond donors (Lipinski definition) is 3. The van der Waals surface area contributed by atoms with Crippen LogP contribution in [0.15, 0.2) is 0 Å². The van der Waals surface area contributed by atoms with Gasteiger partial charge in [-0.1, -0.05) is 46.0 Å². The molecule has 5 nitrogen and oxygen atoms in total. The Morgan fingerprint density at radius 3 is 2.35 bits per heavy atom. The number of hydrazine groups is 3. The second-order valence-corrected chi connectivity index (χ2v) is 4.32. The van der Waals surface area contributed by atoms with Gasteiger partial charge >= 0.3 is 0 Å². The van der Waals surface area contributed by atoms with E-state index >= 15 is 0 Å². The van der Waals surface area contributed by atoms with Gasteiger partial charge in [0.25, 0.3) is 5.91 Å². The van der Waals surface area contributed by atoms with Crippen molar-refractivity contribution >= 4 is 5.91 Å². The lowest BCUT2D eigenvalue weighted by Gasteiger charge is -2.18. The van der Waals surface area contributed by atoms with E-state index in [2.05, 4.69) is 24.8 Å². The molecule has 17 heavy (non-hydrogen) atoms. The maximum atomic E-state index is 11.5. The number of nitrogens with two attached hydrogens (primary N) is 1. The van der Waals surface area contributed by atoms with Crippen molar-refractivity contribution in [3.8, 4) is 0 Å². The zero-order valence-electron chi connectivity index (χ0n) is 11.3. The van der Waals surface area contributed by atoms with Crippen LogP contribution in [0.3, 0.4) is 0 Å². The fraction of sp³-hybridized carbons (Fsp3) is 0.917. The van der Waals surface area contributed by atoms with Gasteiger partial charge in [0, 0.05) is 13.0 Å². The Morgan fingerprint density at radius 2 is 1.71 bits per heavy atom. The van der Waals surface area contributed by atoms with Gasteiger partial charge in [0.15, 0.2) is 0 Å². The molecule has 4 N–H and O–H groups in total. The molecule has 0 radical (unpaired) electrons. The van der Waals surface area contributed by atoms with Crippen LogP contribution in [0, 0.1) is 0 Å². The number of nitrogens with one attached hydrogen (secondary N) is 2. The summed E-state index contributed by atoms with van der Waals surface area (Å²) >= 11 is 0. The standard InChI is InChI=1S/C12H28N4O/c1-3-5-7-8-9-10-12(17)16(13)15-14-11-6-4-2/h14-15H,3-11,13H2,1-2H3. The predicted molar refractivity (Wildman–Crippen MR) is 70.5 cm³/mol. The Bertz CT molecular complexity index is 187. The molecule has 0 aliphatic heterocycles. The topological polar surface area (TPSA) is 70.4 Å². The molecule has 0 fully saturated rings. The molecule has 0 spiro atoms. The number of amides is 1. The summed E-state index contributed by atoms with van der Waals surface area (Å²) < 4.78 is 0. The minimum absolute atomic E-state index is 0.0644. The molecule has 0 unspecified atom stereocenters. The third-order valence-corrected chi connectivity index (χ3v) is 2.62. The maximum absolute atomic E-state index is 11.5. The summed E-state index contributed by atoms with van der Waals surface area (Å²) in [5.74, 6) is 5.49. The fourth-order valence-electron chi connectivity index (χ4n) is 1.47. The molecule has 0 saturated heterocycles. The number of unbranched alkanes of at least 4 members (excludes halogenated alkanes) is 5. The van der Waals surface area contributed by atoms with Gasteiger partial charge < -0.3 is 0 Å². The number of carbonyl (C=O) groups excluding carboxylic acids is 1. The molecule has 1 amide bonds. The smallest absolute Gasteiger partial charge is 0.252 e. The Hall–Kier alpha value is -0.650. The van der Waals surface area contributed by atoms with Gasteiger partial charge in [0.1, 0.15) is 0 Å². The molecule has 0 saturated carbocycles. The first kappa shape index (κ1) is 16.4. The molecule has 0 aliphatic rings. The van der Waals surface area contributed by atoms with Gasteiger partial charge in [0.05, 0.1) is 0 Å². The summed E-state index contributed by atoms with van der Waals surface area (Å²) in [6.45, 7) is 5.11. The molecular weight excluding hydrogens is 216 g/mol. The second-order valence-electron chi connectivity index (χ2n) is 4.32.